The second kappa shape index (κ2) is 6.06. The lowest BCUT2D eigenvalue weighted by Crippen LogP contribution is -2.35. The van der Waals surface area contributed by atoms with E-state index in [0.29, 0.717) is 17.2 Å². The summed E-state index contributed by atoms with van der Waals surface area (Å²) in [7, 11) is 0. The highest BCUT2D eigenvalue weighted by molar-refractivity contribution is 6.32. The van der Waals surface area contributed by atoms with Crippen molar-refractivity contribution in [2.75, 3.05) is 0 Å². The number of hydrogen-bond donors (Lipinski definition) is 0. The Hall–Kier alpha value is -2.13. The molecule has 1 aromatic carbocycles. The van der Waals surface area contributed by atoms with Gasteiger partial charge in [0.15, 0.2) is 18.9 Å². The Kier molecular flexibility index (Phi) is 3.89. The summed E-state index contributed by atoms with van der Waals surface area (Å²) in [5, 5.41) is 1.59. The summed E-state index contributed by atoms with van der Waals surface area (Å²) in [6.45, 7) is 2.54. The first-order valence-corrected chi connectivity index (χ1v) is 8.72. The average molecular weight is 341 g/mol. The predicted octanol–water partition coefficient (Wildman–Crippen LogP) is 3.97. The van der Waals surface area contributed by atoms with Gasteiger partial charge in [0.25, 0.3) is 0 Å². The zero-order valence-corrected chi connectivity index (χ0v) is 14.4. The van der Waals surface area contributed by atoms with Crippen LogP contribution in [0.1, 0.15) is 35.1 Å². The molecule has 4 rings (SSSR count). The molecular formula is C20H19ClNO2+. The molecule has 3 aromatic rings. The van der Waals surface area contributed by atoms with Crippen molar-refractivity contribution < 1.29 is 8.98 Å². The van der Waals surface area contributed by atoms with Crippen molar-refractivity contribution in [1.82, 2.24) is 0 Å². The van der Waals surface area contributed by atoms with Crippen LogP contribution in [-0.2, 0) is 19.4 Å². The van der Waals surface area contributed by atoms with Crippen LogP contribution in [0, 0.1) is 6.92 Å². The van der Waals surface area contributed by atoms with Crippen molar-refractivity contribution in [3.63, 3.8) is 0 Å². The number of aromatic nitrogens is 1. The number of pyridine rings is 1. The molecule has 1 aliphatic carbocycles. The Morgan fingerprint density at radius 3 is 2.79 bits per heavy atom. The Balaban J connectivity index is 1.79. The maximum Gasteiger partial charge on any atom is 0.336 e. The van der Waals surface area contributed by atoms with Crippen LogP contribution >= 0.6 is 11.6 Å². The zero-order chi connectivity index (χ0) is 16.7. The first-order valence-electron chi connectivity index (χ1n) is 8.34. The van der Waals surface area contributed by atoms with Crippen LogP contribution in [0.2, 0.25) is 5.02 Å². The highest BCUT2D eigenvalue weighted by Gasteiger charge is 2.16. The van der Waals surface area contributed by atoms with E-state index in [1.807, 2.05) is 19.1 Å². The Labute approximate surface area is 145 Å². The van der Waals surface area contributed by atoms with Gasteiger partial charge in [-0.05, 0) is 55.9 Å². The third-order valence-corrected chi connectivity index (χ3v) is 5.21. The Morgan fingerprint density at radius 1 is 1.17 bits per heavy atom. The lowest BCUT2D eigenvalue weighted by molar-refractivity contribution is -0.688. The summed E-state index contributed by atoms with van der Waals surface area (Å²) in [6, 6.07) is 7.50. The van der Waals surface area contributed by atoms with Crippen molar-refractivity contribution in [2.24, 2.45) is 0 Å². The van der Waals surface area contributed by atoms with E-state index >= 15 is 0 Å². The van der Waals surface area contributed by atoms with Crippen molar-refractivity contribution in [2.45, 2.75) is 39.2 Å². The van der Waals surface area contributed by atoms with Gasteiger partial charge in [-0.2, -0.15) is 0 Å². The zero-order valence-electron chi connectivity index (χ0n) is 13.6. The van der Waals surface area contributed by atoms with E-state index in [9.17, 15) is 4.79 Å². The quantitative estimate of drug-likeness (QED) is 0.522. The maximum atomic E-state index is 11.9. The van der Waals surface area contributed by atoms with Gasteiger partial charge in [0.05, 0.1) is 0 Å². The SMILES string of the molecule is Cc1cc2oc(=O)cc(C[n+]3ccc4c(c3)CCCC4)c2cc1Cl. The molecule has 0 spiro atoms. The van der Waals surface area contributed by atoms with Gasteiger partial charge in [-0.3, -0.25) is 0 Å². The van der Waals surface area contributed by atoms with Crippen molar-refractivity contribution in [3.8, 4) is 0 Å². The standard InChI is InChI=1S/C20H19ClNO2/c1-13-8-19-17(10-18(13)21)16(9-20(23)24-19)12-22-7-6-14-4-2-3-5-15(14)11-22/h6-11H,2-5,12H2,1H3/q+1. The number of hydrogen-bond acceptors (Lipinski definition) is 2. The molecule has 24 heavy (non-hydrogen) atoms. The first kappa shape index (κ1) is 15.4. The van der Waals surface area contributed by atoms with Crippen molar-refractivity contribution in [3.05, 3.63) is 74.4 Å². The van der Waals surface area contributed by atoms with Crippen LogP contribution in [0.15, 0.2) is 45.9 Å². The van der Waals surface area contributed by atoms with Gasteiger partial charge in [0.1, 0.15) is 5.58 Å². The van der Waals surface area contributed by atoms with Crippen LogP contribution < -0.4 is 10.2 Å². The number of rotatable bonds is 2. The fraction of sp³-hybridized carbons (Fsp3) is 0.300. The molecule has 0 radical (unpaired) electrons. The second-order valence-corrected chi connectivity index (χ2v) is 6.97. The number of fused-ring (bicyclic) bond motifs is 2. The molecule has 2 heterocycles. The van der Waals surface area contributed by atoms with Gasteiger partial charge >= 0.3 is 5.63 Å². The third-order valence-electron chi connectivity index (χ3n) is 4.81. The fourth-order valence-electron chi connectivity index (χ4n) is 3.49. The van der Waals surface area contributed by atoms with Gasteiger partial charge in [0, 0.05) is 33.7 Å². The lowest BCUT2D eigenvalue weighted by Gasteiger charge is -2.13. The number of aryl methyl sites for hydroxylation is 3. The smallest absolute Gasteiger partial charge is 0.336 e. The first-order chi connectivity index (χ1) is 11.6. The molecule has 0 atom stereocenters. The summed E-state index contributed by atoms with van der Waals surface area (Å²) >= 11 is 6.27. The van der Waals surface area contributed by atoms with Crippen LogP contribution in [-0.4, -0.2) is 0 Å². The molecule has 0 aliphatic heterocycles. The molecule has 0 bridgehead atoms. The normalized spacial score (nSPS) is 13.9. The largest absolute Gasteiger partial charge is 0.423 e. The topological polar surface area (TPSA) is 34.1 Å². The van der Waals surface area contributed by atoms with E-state index in [-0.39, 0.29) is 5.63 Å². The minimum atomic E-state index is -0.321. The van der Waals surface area contributed by atoms with Gasteiger partial charge in [-0.1, -0.05) is 11.6 Å². The molecule has 4 heteroatoms. The van der Waals surface area contributed by atoms with Crippen LogP contribution in [0.3, 0.4) is 0 Å². The Morgan fingerprint density at radius 2 is 1.96 bits per heavy atom. The van der Waals surface area contributed by atoms with E-state index in [1.165, 1.54) is 30.4 Å². The van der Waals surface area contributed by atoms with E-state index in [1.54, 1.807) is 6.07 Å². The highest BCUT2D eigenvalue weighted by atomic mass is 35.5. The summed E-state index contributed by atoms with van der Waals surface area (Å²) in [5.41, 5.74) is 4.99. The molecule has 0 saturated heterocycles. The number of benzene rings is 1. The van der Waals surface area contributed by atoms with Crippen LogP contribution in [0.4, 0.5) is 0 Å². The van der Waals surface area contributed by atoms with E-state index < -0.39 is 0 Å². The predicted molar refractivity (Wildman–Crippen MR) is 94.6 cm³/mol. The molecule has 0 unspecified atom stereocenters. The Bertz CT molecular complexity index is 991. The molecule has 2 aromatic heterocycles. The van der Waals surface area contributed by atoms with Crippen LogP contribution in [0.25, 0.3) is 11.0 Å². The number of halogens is 1. The maximum absolute atomic E-state index is 11.9. The van der Waals surface area contributed by atoms with Crippen molar-refractivity contribution in [1.29, 1.82) is 0 Å². The summed E-state index contributed by atoms with van der Waals surface area (Å²) in [4.78, 5) is 11.9. The molecule has 0 N–H and O–H groups in total. The fourth-order valence-corrected chi connectivity index (χ4v) is 3.66. The highest BCUT2D eigenvalue weighted by Crippen LogP contribution is 2.25. The summed E-state index contributed by atoms with van der Waals surface area (Å²) in [5.74, 6) is 0. The monoisotopic (exact) mass is 340 g/mol. The minimum absolute atomic E-state index is 0.321. The minimum Gasteiger partial charge on any atom is -0.423 e. The molecular weight excluding hydrogens is 322 g/mol. The van der Waals surface area contributed by atoms with Crippen molar-refractivity contribution >= 4 is 22.6 Å². The molecule has 0 fully saturated rings. The third kappa shape index (κ3) is 2.84. The molecule has 1 aliphatic rings. The molecule has 3 nitrogen and oxygen atoms in total. The molecule has 0 amide bonds. The molecule has 0 saturated carbocycles. The number of nitrogens with zero attached hydrogens (tertiary/aromatic N) is 1. The van der Waals surface area contributed by atoms with Gasteiger partial charge in [-0.15, -0.1) is 0 Å². The summed E-state index contributed by atoms with van der Waals surface area (Å²) < 4.78 is 7.49. The van der Waals surface area contributed by atoms with E-state index in [4.69, 9.17) is 16.0 Å². The van der Waals surface area contributed by atoms with Crippen LogP contribution in [0.5, 0.6) is 0 Å². The van der Waals surface area contributed by atoms with Gasteiger partial charge in [-0.25, -0.2) is 9.36 Å². The van der Waals surface area contributed by atoms with E-state index in [2.05, 4.69) is 23.0 Å². The average Bonchev–Trinajstić information content (AvgIpc) is 2.56. The van der Waals surface area contributed by atoms with Gasteiger partial charge in [0.2, 0.25) is 0 Å². The molecule has 122 valence electrons. The van der Waals surface area contributed by atoms with E-state index in [0.717, 1.165) is 22.9 Å². The van der Waals surface area contributed by atoms with Gasteiger partial charge < -0.3 is 4.42 Å². The second-order valence-electron chi connectivity index (χ2n) is 6.56. The lowest BCUT2D eigenvalue weighted by atomic mass is 9.93. The summed E-state index contributed by atoms with van der Waals surface area (Å²) in [6.07, 6.45) is 9.15.